The molecule has 0 aromatic rings. The molecule has 0 unspecified atom stereocenters. The molecule has 2 heteroatoms. The van der Waals surface area contributed by atoms with Gasteiger partial charge in [0.25, 0.3) is 0 Å². The van der Waals surface area contributed by atoms with Gasteiger partial charge in [-0.05, 0) is 31.6 Å². The molecule has 1 amide bonds. The Bertz CT molecular complexity index is 190. The maximum atomic E-state index is 11.5. The highest BCUT2D eigenvalue weighted by Gasteiger charge is 2.34. The van der Waals surface area contributed by atoms with Crippen LogP contribution in [0, 0.1) is 5.92 Å². The van der Waals surface area contributed by atoms with Crippen LogP contribution in [-0.4, -0.2) is 23.4 Å². The summed E-state index contributed by atoms with van der Waals surface area (Å²) in [6.45, 7) is 3.31. The smallest absolute Gasteiger partial charge is 0.222 e. The number of nitrogens with zero attached hydrogens (tertiary/aromatic N) is 1. The van der Waals surface area contributed by atoms with Crippen molar-refractivity contribution in [1.82, 2.24) is 4.90 Å². The first-order valence-corrected chi connectivity index (χ1v) is 5.08. The van der Waals surface area contributed by atoms with Gasteiger partial charge in [-0.1, -0.05) is 6.92 Å². The molecule has 2 rings (SSSR count). The minimum absolute atomic E-state index is 0.401. The normalized spacial score (nSPS) is 36.4. The Labute approximate surface area is 73.9 Å². The van der Waals surface area contributed by atoms with Crippen molar-refractivity contribution in [2.75, 3.05) is 6.54 Å². The van der Waals surface area contributed by atoms with Crippen LogP contribution in [0.15, 0.2) is 0 Å². The highest BCUT2D eigenvalue weighted by Crippen LogP contribution is 2.30. The van der Waals surface area contributed by atoms with Gasteiger partial charge in [-0.15, -0.1) is 0 Å². The number of carbonyl (C=O) groups excluding carboxylic acids is 1. The van der Waals surface area contributed by atoms with Gasteiger partial charge in [0.1, 0.15) is 0 Å². The van der Waals surface area contributed by atoms with E-state index in [0.717, 1.165) is 25.3 Å². The number of amides is 1. The van der Waals surface area contributed by atoms with Crippen molar-refractivity contribution in [2.45, 2.75) is 45.1 Å². The average Bonchev–Trinajstić information content (AvgIpc) is 2.12. The second-order valence-electron chi connectivity index (χ2n) is 4.17. The zero-order valence-corrected chi connectivity index (χ0v) is 7.75. The molecule has 2 fully saturated rings. The van der Waals surface area contributed by atoms with Gasteiger partial charge in [0, 0.05) is 19.0 Å². The first-order valence-electron chi connectivity index (χ1n) is 5.08. The van der Waals surface area contributed by atoms with Crippen LogP contribution in [0.2, 0.25) is 0 Å². The van der Waals surface area contributed by atoms with E-state index in [0.29, 0.717) is 11.9 Å². The van der Waals surface area contributed by atoms with Gasteiger partial charge in [-0.3, -0.25) is 4.79 Å². The maximum absolute atomic E-state index is 11.5. The molecule has 2 heterocycles. The molecule has 0 bridgehead atoms. The monoisotopic (exact) mass is 167 g/mol. The Morgan fingerprint density at radius 2 is 2.17 bits per heavy atom. The zero-order chi connectivity index (χ0) is 8.55. The van der Waals surface area contributed by atoms with Crippen LogP contribution in [0.5, 0.6) is 0 Å². The lowest BCUT2D eigenvalue weighted by molar-refractivity contribution is -0.140. The minimum Gasteiger partial charge on any atom is -0.339 e. The van der Waals surface area contributed by atoms with Gasteiger partial charge in [0.15, 0.2) is 0 Å². The molecule has 0 aliphatic carbocycles. The molecular weight excluding hydrogens is 150 g/mol. The molecule has 0 radical (unpaired) electrons. The van der Waals surface area contributed by atoms with Crippen molar-refractivity contribution < 1.29 is 4.79 Å². The van der Waals surface area contributed by atoms with Crippen molar-refractivity contribution in [3.8, 4) is 0 Å². The van der Waals surface area contributed by atoms with Crippen LogP contribution in [0.1, 0.15) is 39.0 Å². The summed E-state index contributed by atoms with van der Waals surface area (Å²) in [7, 11) is 0. The SMILES string of the molecule is C[C@@H]1CCC(=O)N2CCCC[C@@H]12. The van der Waals surface area contributed by atoms with Crippen LogP contribution < -0.4 is 0 Å². The fourth-order valence-electron chi connectivity index (χ4n) is 2.55. The summed E-state index contributed by atoms with van der Waals surface area (Å²) in [5.74, 6) is 1.14. The minimum atomic E-state index is 0.401. The molecular formula is C10H17NO. The maximum Gasteiger partial charge on any atom is 0.222 e. The van der Waals surface area contributed by atoms with Gasteiger partial charge in [0.2, 0.25) is 5.91 Å². The van der Waals surface area contributed by atoms with E-state index in [4.69, 9.17) is 0 Å². The summed E-state index contributed by atoms with van der Waals surface area (Å²) in [6, 6.07) is 0.583. The van der Waals surface area contributed by atoms with Crippen molar-refractivity contribution in [2.24, 2.45) is 5.92 Å². The molecule has 2 nitrogen and oxygen atoms in total. The molecule has 2 atom stereocenters. The number of rotatable bonds is 0. The third-order valence-corrected chi connectivity index (χ3v) is 3.34. The number of carbonyl (C=O) groups is 1. The van der Waals surface area contributed by atoms with Crippen LogP contribution >= 0.6 is 0 Å². The van der Waals surface area contributed by atoms with E-state index in [2.05, 4.69) is 11.8 Å². The quantitative estimate of drug-likeness (QED) is 0.538. The second kappa shape index (κ2) is 3.08. The summed E-state index contributed by atoms with van der Waals surface area (Å²) in [5.41, 5.74) is 0. The van der Waals surface area contributed by atoms with Crippen LogP contribution in [0.4, 0.5) is 0 Å². The first-order chi connectivity index (χ1) is 5.79. The van der Waals surface area contributed by atoms with Crippen LogP contribution in [0.3, 0.4) is 0 Å². The van der Waals surface area contributed by atoms with Gasteiger partial charge in [0.05, 0.1) is 0 Å². The standard InChI is InChI=1S/C10H17NO/c1-8-5-6-10(12)11-7-3-2-4-9(8)11/h8-9H,2-7H2,1H3/t8-,9+/m1/s1. The number of hydrogen-bond acceptors (Lipinski definition) is 1. The third kappa shape index (κ3) is 1.23. The van der Waals surface area contributed by atoms with Gasteiger partial charge < -0.3 is 4.90 Å². The van der Waals surface area contributed by atoms with Gasteiger partial charge >= 0.3 is 0 Å². The highest BCUT2D eigenvalue weighted by atomic mass is 16.2. The van der Waals surface area contributed by atoms with Crippen molar-refractivity contribution >= 4 is 5.91 Å². The summed E-state index contributed by atoms with van der Waals surface area (Å²) in [6.07, 6.45) is 5.68. The molecule has 68 valence electrons. The number of hydrogen-bond donors (Lipinski definition) is 0. The van der Waals surface area contributed by atoms with E-state index in [-0.39, 0.29) is 0 Å². The van der Waals surface area contributed by atoms with E-state index in [1.807, 2.05) is 0 Å². The van der Waals surface area contributed by atoms with Crippen LogP contribution in [0.25, 0.3) is 0 Å². The molecule has 0 aromatic carbocycles. The van der Waals surface area contributed by atoms with Crippen molar-refractivity contribution in [3.63, 3.8) is 0 Å². The summed E-state index contributed by atoms with van der Waals surface area (Å²) >= 11 is 0. The summed E-state index contributed by atoms with van der Waals surface area (Å²) in [5, 5.41) is 0. The predicted octanol–water partition coefficient (Wildman–Crippen LogP) is 1.80. The Balaban J connectivity index is 2.11. The Hall–Kier alpha value is -0.530. The Morgan fingerprint density at radius 1 is 1.33 bits per heavy atom. The molecule has 0 spiro atoms. The average molecular weight is 167 g/mol. The van der Waals surface area contributed by atoms with Gasteiger partial charge in [-0.2, -0.15) is 0 Å². The van der Waals surface area contributed by atoms with Crippen molar-refractivity contribution in [1.29, 1.82) is 0 Å². The lowest BCUT2D eigenvalue weighted by Crippen LogP contribution is -2.50. The number of piperidine rings is 2. The molecule has 2 aliphatic heterocycles. The molecule has 12 heavy (non-hydrogen) atoms. The molecule has 2 saturated heterocycles. The second-order valence-corrected chi connectivity index (χ2v) is 4.17. The first kappa shape index (κ1) is 8.09. The number of fused-ring (bicyclic) bond motifs is 1. The lowest BCUT2D eigenvalue weighted by atomic mass is 9.85. The molecule has 0 aromatic heterocycles. The third-order valence-electron chi connectivity index (χ3n) is 3.34. The van der Waals surface area contributed by atoms with E-state index >= 15 is 0 Å². The van der Waals surface area contributed by atoms with Crippen molar-refractivity contribution in [3.05, 3.63) is 0 Å². The van der Waals surface area contributed by atoms with Gasteiger partial charge in [-0.25, -0.2) is 0 Å². The van der Waals surface area contributed by atoms with Crippen LogP contribution in [-0.2, 0) is 4.79 Å². The van der Waals surface area contributed by atoms with E-state index < -0.39 is 0 Å². The Kier molecular flexibility index (Phi) is 2.07. The predicted molar refractivity (Wildman–Crippen MR) is 47.8 cm³/mol. The molecule has 0 N–H and O–H groups in total. The highest BCUT2D eigenvalue weighted by molar-refractivity contribution is 5.77. The van der Waals surface area contributed by atoms with E-state index in [9.17, 15) is 4.79 Å². The summed E-state index contributed by atoms with van der Waals surface area (Å²) < 4.78 is 0. The van der Waals surface area contributed by atoms with E-state index in [1.165, 1.54) is 19.3 Å². The Morgan fingerprint density at radius 3 is 2.92 bits per heavy atom. The van der Waals surface area contributed by atoms with E-state index in [1.54, 1.807) is 0 Å². The molecule has 2 aliphatic rings. The zero-order valence-electron chi connectivity index (χ0n) is 7.75. The summed E-state index contributed by atoms with van der Waals surface area (Å²) in [4.78, 5) is 13.6. The fourth-order valence-corrected chi connectivity index (χ4v) is 2.55. The lowest BCUT2D eigenvalue weighted by Gasteiger charge is -2.43. The topological polar surface area (TPSA) is 20.3 Å². The fraction of sp³-hybridized carbons (Fsp3) is 0.900. The molecule has 0 saturated carbocycles. The largest absolute Gasteiger partial charge is 0.339 e.